The van der Waals surface area contributed by atoms with E-state index in [2.05, 4.69) is 184 Å². The van der Waals surface area contributed by atoms with Gasteiger partial charge < -0.3 is 0 Å². The summed E-state index contributed by atoms with van der Waals surface area (Å²) in [7, 11) is 0. The fourth-order valence-electron chi connectivity index (χ4n) is 9.27. The van der Waals surface area contributed by atoms with E-state index in [9.17, 15) is 0 Å². The molecular weight excluding hydrogens is 645 g/mol. The van der Waals surface area contributed by atoms with Crippen LogP contribution in [0.15, 0.2) is 170 Å². The minimum Gasteiger partial charge on any atom is -0.135 e. The van der Waals surface area contributed by atoms with Crippen LogP contribution in [0, 0.1) is 0 Å². The lowest BCUT2D eigenvalue weighted by molar-refractivity contribution is 0.667. The van der Waals surface area contributed by atoms with Gasteiger partial charge in [0.15, 0.2) is 0 Å². The molecule has 0 fully saturated rings. The maximum Gasteiger partial charge on any atom is 0.0408 e. The Hall–Kier alpha value is -6.02. The number of hydrogen-bond acceptors (Lipinski definition) is 1. The second kappa shape index (κ2) is 11.0. The van der Waals surface area contributed by atoms with Gasteiger partial charge in [0, 0.05) is 25.6 Å². The molecule has 0 atom stereocenters. The molecule has 0 nitrogen and oxygen atoms in total. The monoisotopic (exact) mass is 678 g/mol. The van der Waals surface area contributed by atoms with Crippen molar-refractivity contribution in [1.29, 1.82) is 0 Å². The van der Waals surface area contributed by atoms with Gasteiger partial charge in [-0.15, -0.1) is 11.3 Å². The molecule has 0 saturated carbocycles. The van der Waals surface area contributed by atoms with Gasteiger partial charge in [-0.3, -0.25) is 0 Å². The van der Waals surface area contributed by atoms with Crippen molar-refractivity contribution in [2.75, 3.05) is 0 Å². The lowest BCUT2D eigenvalue weighted by Crippen LogP contribution is -2.15. The van der Waals surface area contributed by atoms with E-state index in [1.165, 1.54) is 108 Å². The van der Waals surface area contributed by atoms with Gasteiger partial charge >= 0.3 is 0 Å². The summed E-state index contributed by atoms with van der Waals surface area (Å²) >= 11 is 1.95. The van der Waals surface area contributed by atoms with Crippen LogP contribution in [0.1, 0.15) is 25.0 Å². The molecule has 1 aliphatic rings. The molecule has 0 aliphatic heterocycles. The molecule has 1 heteroatoms. The molecule has 244 valence electrons. The highest BCUT2D eigenvalue weighted by Crippen LogP contribution is 2.56. The van der Waals surface area contributed by atoms with Crippen LogP contribution in [0.5, 0.6) is 0 Å². The predicted octanol–water partition coefficient (Wildman–Crippen LogP) is 14.8. The number of rotatable bonds is 3. The van der Waals surface area contributed by atoms with Crippen molar-refractivity contribution < 1.29 is 0 Å². The molecule has 0 N–H and O–H groups in total. The Labute approximate surface area is 307 Å². The summed E-state index contributed by atoms with van der Waals surface area (Å²) in [4.78, 5) is 0. The minimum absolute atomic E-state index is 0.0609. The third-order valence-corrected chi connectivity index (χ3v) is 12.8. The Morgan fingerprint density at radius 1 is 0.404 bits per heavy atom. The predicted molar refractivity (Wildman–Crippen MR) is 226 cm³/mol. The van der Waals surface area contributed by atoms with Crippen LogP contribution in [-0.2, 0) is 5.41 Å². The number of benzene rings is 9. The first kappa shape index (κ1) is 29.7. The average molecular weight is 679 g/mol. The lowest BCUT2D eigenvalue weighted by Gasteiger charge is -2.22. The first-order valence-electron chi connectivity index (χ1n) is 18.2. The lowest BCUT2D eigenvalue weighted by atomic mass is 9.81. The van der Waals surface area contributed by atoms with Crippen LogP contribution in [0.3, 0.4) is 0 Å². The van der Waals surface area contributed by atoms with E-state index in [0.29, 0.717) is 0 Å². The highest BCUT2D eigenvalue weighted by atomic mass is 32.1. The Kier molecular flexibility index (Phi) is 6.27. The second-order valence-electron chi connectivity index (χ2n) is 14.8. The molecule has 9 aromatic carbocycles. The number of thiophene rings is 1. The van der Waals surface area contributed by atoms with Gasteiger partial charge in [0.05, 0.1) is 0 Å². The van der Waals surface area contributed by atoms with Gasteiger partial charge in [0.25, 0.3) is 0 Å². The molecule has 0 bridgehead atoms. The SMILES string of the molecule is CC1(C)c2ccccc2-c2cc(-c3ccc(-c4c5ccccc5c(-c5ccc6ccccc6c5)c5ccccc45)cc3)c3c(sc4ccccc43)c21. The molecule has 1 aromatic heterocycles. The maximum absolute atomic E-state index is 2.49. The fraction of sp³-hybridized carbons (Fsp3) is 0.0588. The standard InChI is InChI=1S/C51H34S/c1-51(2)44-21-11-9-15-36(44)43-30-42(48-41-20-10-12-22-45(41)52-50(48)49(43)51)32-24-26-33(27-25-32)46-37-16-5-7-18-39(37)47(40-19-8-6-17-38(40)46)35-28-23-31-13-3-4-14-34(31)29-35/h3-30H,1-2H3. The highest BCUT2D eigenvalue weighted by molar-refractivity contribution is 7.26. The third kappa shape index (κ3) is 4.15. The zero-order chi connectivity index (χ0) is 34.6. The molecule has 1 aliphatic carbocycles. The molecule has 0 radical (unpaired) electrons. The second-order valence-corrected chi connectivity index (χ2v) is 15.9. The first-order valence-corrected chi connectivity index (χ1v) is 19.0. The summed E-state index contributed by atoms with van der Waals surface area (Å²) in [6.07, 6.45) is 0. The van der Waals surface area contributed by atoms with E-state index in [1.807, 2.05) is 11.3 Å². The van der Waals surface area contributed by atoms with E-state index in [4.69, 9.17) is 0 Å². The summed E-state index contributed by atoms with van der Waals surface area (Å²) in [5.74, 6) is 0. The normalized spacial score (nSPS) is 13.3. The van der Waals surface area contributed by atoms with E-state index in [-0.39, 0.29) is 5.41 Å². The fourth-order valence-corrected chi connectivity index (χ4v) is 10.7. The zero-order valence-electron chi connectivity index (χ0n) is 29.1. The molecule has 11 rings (SSSR count). The van der Waals surface area contributed by atoms with Crippen LogP contribution >= 0.6 is 11.3 Å². The van der Waals surface area contributed by atoms with Crippen molar-refractivity contribution in [2.24, 2.45) is 0 Å². The molecule has 0 amide bonds. The van der Waals surface area contributed by atoms with Crippen molar-refractivity contribution in [3.8, 4) is 44.5 Å². The van der Waals surface area contributed by atoms with Gasteiger partial charge in [0.2, 0.25) is 0 Å². The number of fused-ring (bicyclic) bond motifs is 10. The largest absolute Gasteiger partial charge is 0.135 e. The van der Waals surface area contributed by atoms with E-state index in [0.717, 1.165) is 0 Å². The van der Waals surface area contributed by atoms with E-state index < -0.39 is 0 Å². The topological polar surface area (TPSA) is 0 Å². The van der Waals surface area contributed by atoms with Crippen LogP contribution in [0.25, 0.3) is 97.0 Å². The molecule has 1 heterocycles. The Bertz CT molecular complexity index is 3030. The summed E-state index contributed by atoms with van der Waals surface area (Å²) in [5, 5.41) is 10.4. The average Bonchev–Trinajstić information content (AvgIpc) is 3.69. The summed E-state index contributed by atoms with van der Waals surface area (Å²) in [6, 6.07) is 63.3. The quantitative estimate of drug-likeness (QED) is 0.163. The zero-order valence-corrected chi connectivity index (χ0v) is 29.9. The molecule has 0 spiro atoms. The van der Waals surface area contributed by atoms with Crippen LogP contribution < -0.4 is 0 Å². The van der Waals surface area contributed by atoms with Gasteiger partial charge in [0.1, 0.15) is 0 Å². The molecule has 0 unspecified atom stereocenters. The van der Waals surface area contributed by atoms with Gasteiger partial charge in [-0.05, 0) is 106 Å². The molecule has 0 saturated heterocycles. The minimum atomic E-state index is -0.0609. The summed E-state index contributed by atoms with van der Waals surface area (Å²) in [6.45, 7) is 4.80. The molecule has 10 aromatic rings. The van der Waals surface area contributed by atoms with Crippen molar-refractivity contribution >= 4 is 63.8 Å². The summed E-state index contributed by atoms with van der Waals surface area (Å²) in [5.41, 5.74) is 13.2. The van der Waals surface area contributed by atoms with Gasteiger partial charge in [-0.1, -0.05) is 166 Å². The van der Waals surface area contributed by atoms with Crippen molar-refractivity contribution in [2.45, 2.75) is 19.3 Å². The third-order valence-electron chi connectivity index (χ3n) is 11.6. The maximum atomic E-state index is 2.49. The van der Waals surface area contributed by atoms with E-state index >= 15 is 0 Å². The summed E-state index contributed by atoms with van der Waals surface area (Å²) < 4.78 is 2.76. The molecule has 52 heavy (non-hydrogen) atoms. The van der Waals surface area contributed by atoms with Gasteiger partial charge in [-0.2, -0.15) is 0 Å². The van der Waals surface area contributed by atoms with Crippen molar-refractivity contribution in [3.63, 3.8) is 0 Å². The Morgan fingerprint density at radius 3 is 1.65 bits per heavy atom. The molecular formula is C51H34S. The van der Waals surface area contributed by atoms with Gasteiger partial charge in [-0.25, -0.2) is 0 Å². The smallest absolute Gasteiger partial charge is 0.0408 e. The van der Waals surface area contributed by atoms with E-state index in [1.54, 1.807) is 0 Å². The van der Waals surface area contributed by atoms with Crippen LogP contribution in [-0.4, -0.2) is 0 Å². The first-order chi connectivity index (χ1) is 25.6. The Morgan fingerprint density at radius 2 is 0.942 bits per heavy atom. The number of hydrogen-bond donors (Lipinski definition) is 0. The Balaban J connectivity index is 1.14. The van der Waals surface area contributed by atoms with Crippen molar-refractivity contribution in [1.82, 2.24) is 0 Å². The van der Waals surface area contributed by atoms with Crippen LogP contribution in [0.2, 0.25) is 0 Å². The van der Waals surface area contributed by atoms with Crippen molar-refractivity contribution in [3.05, 3.63) is 181 Å². The highest BCUT2D eigenvalue weighted by Gasteiger charge is 2.38. The van der Waals surface area contributed by atoms with Crippen LogP contribution in [0.4, 0.5) is 0 Å².